The van der Waals surface area contributed by atoms with Gasteiger partial charge in [0.05, 0.1) is 6.61 Å². The highest BCUT2D eigenvalue weighted by atomic mass is 16.5. The van der Waals surface area contributed by atoms with Gasteiger partial charge in [-0.2, -0.15) is 0 Å². The molecule has 19 heavy (non-hydrogen) atoms. The number of methoxy groups -OCH3 is 1. The predicted molar refractivity (Wildman–Crippen MR) is 75.1 cm³/mol. The van der Waals surface area contributed by atoms with Gasteiger partial charge in [-0.15, -0.1) is 0 Å². The number of amides is 2. The Hall–Kier alpha value is -1.59. The van der Waals surface area contributed by atoms with Crippen LogP contribution in [0.5, 0.6) is 0 Å². The summed E-state index contributed by atoms with van der Waals surface area (Å²) in [6.07, 6.45) is 0. The zero-order chi connectivity index (χ0) is 13.8. The van der Waals surface area contributed by atoms with Crippen molar-refractivity contribution in [3.8, 4) is 0 Å². The highest BCUT2D eigenvalue weighted by Gasteiger charge is 2.21. The van der Waals surface area contributed by atoms with Crippen LogP contribution in [0.2, 0.25) is 0 Å². The quantitative estimate of drug-likeness (QED) is 0.900. The zero-order valence-corrected chi connectivity index (χ0v) is 11.8. The van der Waals surface area contributed by atoms with Crippen LogP contribution in [0.15, 0.2) is 18.2 Å². The van der Waals surface area contributed by atoms with Crippen LogP contribution in [0.4, 0.5) is 10.5 Å². The van der Waals surface area contributed by atoms with Gasteiger partial charge in [0.1, 0.15) is 0 Å². The molecule has 1 heterocycles. The monoisotopic (exact) mass is 263 g/mol. The molecule has 1 aromatic rings. The van der Waals surface area contributed by atoms with E-state index in [4.69, 9.17) is 4.74 Å². The van der Waals surface area contributed by atoms with Crippen LogP contribution in [-0.2, 0) is 17.8 Å². The molecule has 104 valence electrons. The molecule has 0 atom stereocenters. The third-order valence-electron chi connectivity index (χ3n) is 3.31. The van der Waals surface area contributed by atoms with Crippen LogP contribution in [0.1, 0.15) is 11.1 Å². The summed E-state index contributed by atoms with van der Waals surface area (Å²) in [5, 5.41) is 2.95. The molecular formula is C14H21N3O2. The van der Waals surface area contributed by atoms with Gasteiger partial charge < -0.3 is 15.0 Å². The molecule has 0 saturated carbocycles. The van der Waals surface area contributed by atoms with Crippen LogP contribution in [0.3, 0.4) is 0 Å². The minimum Gasteiger partial charge on any atom is -0.383 e. The largest absolute Gasteiger partial charge is 0.383 e. The summed E-state index contributed by atoms with van der Waals surface area (Å²) < 4.78 is 5.11. The molecule has 0 unspecified atom stereocenters. The summed E-state index contributed by atoms with van der Waals surface area (Å²) >= 11 is 0. The first-order chi connectivity index (χ1) is 9.11. The maximum atomic E-state index is 11.7. The Morgan fingerprint density at radius 1 is 1.42 bits per heavy atom. The Kier molecular flexibility index (Phi) is 4.39. The van der Waals surface area contributed by atoms with Crippen molar-refractivity contribution in [2.24, 2.45) is 0 Å². The number of rotatable bonds is 4. The molecule has 2 amide bonds. The van der Waals surface area contributed by atoms with Gasteiger partial charge >= 0.3 is 6.03 Å². The summed E-state index contributed by atoms with van der Waals surface area (Å²) in [7, 11) is 5.19. The summed E-state index contributed by atoms with van der Waals surface area (Å²) in [4.78, 5) is 15.6. The van der Waals surface area contributed by atoms with Gasteiger partial charge in [0.25, 0.3) is 0 Å². The first-order valence-electron chi connectivity index (χ1n) is 6.42. The van der Waals surface area contributed by atoms with Crippen molar-refractivity contribution in [2.75, 3.05) is 39.7 Å². The zero-order valence-electron chi connectivity index (χ0n) is 11.8. The van der Waals surface area contributed by atoms with E-state index in [0.29, 0.717) is 0 Å². The molecule has 1 aliphatic rings. The summed E-state index contributed by atoms with van der Waals surface area (Å²) in [6.45, 7) is 3.42. The molecule has 5 nitrogen and oxygen atoms in total. The van der Waals surface area contributed by atoms with E-state index in [1.165, 1.54) is 16.0 Å². The minimum atomic E-state index is -0.0938. The van der Waals surface area contributed by atoms with Crippen molar-refractivity contribution in [1.29, 1.82) is 0 Å². The number of hydrogen-bond acceptors (Lipinski definition) is 3. The number of nitrogens with one attached hydrogen (secondary N) is 1. The van der Waals surface area contributed by atoms with Gasteiger partial charge in [-0.1, -0.05) is 12.1 Å². The molecule has 0 aliphatic carbocycles. The summed E-state index contributed by atoms with van der Waals surface area (Å²) in [5.74, 6) is 0. The number of benzene rings is 1. The average molecular weight is 263 g/mol. The van der Waals surface area contributed by atoms with E-state index >= 15 is 0 Å². The van der Waals surface area contributed by atoms with Crippen molar-refractivity contribution in [3.63, 3.8) is 0 Å². The van der Waals surface area contributed by atoms with Gasteiger partial charge in [0.15, 0.2) is 0 Å². The van der Waals surface area contributed by atoms with E-state index in [1.54, 1.807) is 21.2 Å². The molecule has 1 aliphatic heterocycles. The third-order valence-corrected chi connectivity index (χ3v) is 3.31. The Morgan fingerprint density at radius 3 is 2.89 bits per heavy atom. The lowest BCUT2D eigenvalue weighted by molar-refractivity contribution is 0.148. The molecule has 0 spiro atoms. The molecule has 0 bridgehead atoms. The molecule has 1 aromatic carbocycles. The number of nitrogens with zero attached hydrogens (tertiary/aromatic N) is 2. The van der Waals surface area contributed by atoms with E-state index in [1.807, 2.05) is 12.1 Å². The smallest absolute Gasteiger partial charge is 0.321 e. The maximum Gasteiger partial charge on any atom is 0.321 e. The highest BCUT2D eigenvalue weighted by Crippen LogP contribution is 2.29. The van der Waals surface area contributed by atoms with Gasteiger partial charge in [-0.05, 0) is 17.2 Å². The number of ether oxygens (including phenoxy) is 1. The molecule has 2 rings (SSSR count). The Labute approximate surface area is 114 Å². The van der Waals surface area contributed by atoms with Gasteiger partial charge in [0.2, 0.25) is 0 Å². The standard InChI is InChI=1S/C14H21N3O2/c1-16(2)14(18)15-13-6-4-5-11-9-17(7-8-19-3)10-12(11)13/h4-6H,7-10H2,1-3H3,(H,15,18). The van der Waals surface area contributed by atoms with Crippen molar-refractivity contribution in [3.05, 3.63) is 29.3 Å². The van der Waals surface area contributed by atoms with E-state index in [0.717, 1.165) is 31.9 Å². The Balaban J connectivity index is 2.09. The molecule has 1 N–H and O–H groups in total. The van der Waals surface area contributed by atoms with E-state index in [9.17, 15) is 4.79 Å². The molecule has 0 saturated heterocycles. The fraction of sp³-hybridized carbons (Fsp3) is 0.500. The van der Waals surface area contributed by atoms with E-state index < -0.39 is 0 Å². The molecular weight excluding hydrogens is 242 g/mol. The van der Waals surface area contributed by atoms with E-state index in [-0.39, 0.29) is 6.03 Å². The summed E-state index contributed by atoms with van der Waals surface area (Å²) in [5.41, 5.74) is 3.41. The third kappa shape index (κ3) is 3.24. The van der Waals surface area contributed by atoms with Crippen LogP contribution < -0.4 is 5.32 Å². The lowest BCUT2D eigenvalue weighted by atomic mass is 10.1. The topological polar surface area (TPSA) is 44.8 Å². The number of urea groups is 1. The number of hydrogen-bond donors (Lipinski definition) is 1. The van der Waals surface area contributed by atoms with Crippen LogP contribution in [0.25, 0.3) is 0 Å². The van der Waals surface area contributed by atoms with Gasteiger partial charge in [-0.25, -0.2) is 4.79 Å². The molecule has 0 fully saturated rings. The fourth-order valence-corrected chi connectivity index (χ4v) is 2.21. The van der Waals surface area contributed by atoms with Crippen molar-refractivity contribution >= 4 is 11.7 Å². The van der Waals surface area contributed by atoms with Crippen molar-refractivity contribution in [2.45, 2.75) is 13.1 Å². The fourth-order valence-electron chi connectivity index (χ4n) is 2.21. The minimum absolute atomic E-state index is 0.0938. The number of anilines is 1. The van der Waals surface area contributed by atoms with Crippen molar-refractivity contribution in [1.82, 2.24) is 9.80 Å². The van der Waals surface area contributed by atoms with Crippen LogP contribution in [-0.4, -0.2) is 50.2 Å². The molecule has 5 heteroatoms. The second-order valence-corrected chi connectivity index (χ2v) is 4.97. The molecule has 0 aromatic heterocycles. The Bertz CT molecular complexity index is 460. The first kappa shape index (κ1) is 13.8. The SMILES string of the molecule is COCCN1Cc2cccc(NC(=O)N(C)C)c2C1. The van der Waals surface area contributed by atoms with Crippen LogP contribution >= 0.6 is 0 Å². The lowest BCUT2D eigenvalue weighted by Crippen LogP contribution is -2.28. The number of fused-ring (bicyclic) bond motifs is 1. The second-order valence-electron chi connectivity index (χ2n) is 4.97. The lowest BCUT2D eigenvalue weighted by Gasteiger charge is -2.15. The highest BCUT2D eigenvalue weighted by molar-refractivity contribution is 5.90. The number of carbonyl (C=O) groups is 1. The van der Waals surface area contributed by atoms with E-state index in [2.05, 4.69) is 16.3 Å². The average Bonchev–Trinajstić information content (AvgIpc) is 2.80. The number of carbonyl (C=O) groups excluding carboxylic acids is 1. The van der Waals surface area contributed by atoms with Crippen molar-refractivity contribution < 1.29 is 9.53 Å². The van der Waals surface area contributed by atoms with Crippen LogP contribution in [0, 0.1) is 0 Å². The maximum absolute atomic E-state index is 11.7. The predicted octanol–water partition coefficient (Wildman–Crippen LogP) is 1.74. The summed E-state index contributed by atoms with van der Waals surface area (Å²) in [6, 6.07) is 5.97. The normalized spacial score (nSPS) is 14.3. The van der Waals surface area contributed by atoms with Gasteiger partial charge in [0, 0.05) is 46.5 Å². The molecule has 0 radical (unpaired) electrons. The first-order valence-corrected chi connectivity index (χ1v) is 6.42. The Morgan fingerprint density at radius 2 is 2.21 bits per heavy atom. The second kappa shape index (κ2) is 6.04. The van der Waals surface area contributed by atoms with Gasteiger partial charge in [-0.3, -0.25) is 4.90 Å².